The SMILES string of the molecule is Cc1cc(C)c(OC(C)(C(=O)O)C2CC2)c(C)c1. The quantitative estimate of drug-likeness (QED) is 0.889. The number of carboxylic acid groups (broad SMARTS) is 1. The predicted molar refractivity (Wildman–Crippen MR) is 70.0 cm³/mol. The van der Waals surface area contributed by atoms with Crippen molar-refractivity contribution < 1.29 is 14.6 Å². The molecule has 1 aliphatic carbocycles. The highest BCUT2D eigenvalue weighted by molar-refractivity contribution is 5.78. The van der Waals surface area contributed by atoms with E-state index in [0.29, 0.717) is 0 Å². The van der Waals surface area contributed by atoms with Gasteiger partial charge in [0.25, 0.3) is 0 Å². The van der Waals surface area contributed by atoms with Gasteiger partial charge in [0, 0.05) is 5.92 Å². The lowest BCUT2D eigenvalue weighted by atomic mass is 9.99. The van der Waals surface area contributed by atoms with Gasteiger partial charge in [0.2, 0.25) is 5.60 Å². The number of aliphatic carboxylic acids is 1. The second kappa shape index (κ2) is 4.30. The number of benzene rings is 1. The van der Waals surface area contributed by atoms with E-state index >= 15 is 0 Å². The summed E-state index contributed by atoms with van der Waals surface area (Å²) in [5.41, 5.74) is 2.08. The number of rotatable bonds is 4. The molecule has 1 saturated carbocycles. The van der Waals surface area contributed by atoms with Crippen LogP contribution >= 0.6 is 0 Å². The van der Waals surface area contributed by atoms with E-state index in [4.69, 9.17) is 4.74 Å². The number of hydrogen-bond acceptors (Lipinski definition) is 2. The summed E-state index contributed by atoms with van der Waals surface area (Å²) in [6.45, 7) is 7.64. The van der Waals surface area contributed by atoms with E-state index in [9.17, 15) is 9.90 Å². The Bertz CT molecular complexity index is 466. The van der Waals surface area contributed by atoms with Gasteiger partial charge in [-0.1, -0.05) is 17.7 Å². The Morgan fingerprint density at radius 2 is 1.78 bits per heavy atom. The predicted octanol–water partition coefficient (Wildman–Crippen LogP) is 3.24. The standard InChI is InChI=1S/C15H20O3/c1-9-7-10(2)13(11(3)8-9)18-15(4,14(16)17)12-5-6-12/h7-8,12H,5-6H2,1-4H3,(H,16,17). The Hall–Kier alpha value is -1.51. The number of hydrogen-bond donors (Lipinski definition) is 1. The monoisotopic (exact) mass is 248 g/mol. The van der Waals surface area contributed by atoms with E-state index in [-0.39, 0.29) is 5.92 Å². The highest BCUT2D eigenvalue weighted by Gasteiger charge is 2.50. The molecule has 1 fully saturated rings. The van der Waals surface area contributed by atoms with E-state index in [0.717, 1.165) is 29.7 Å². The van der Waals surface area contributed by atoms with Crippen molar-refractivity contribution in [2.75, 3.05) is 0 Å². The second-order valence-electron chi connectivity index (χ2n) is 5.52. The molecule has 2 rings (SSSR count). The maximum Gasteiger partial charge on any atom is 0.348 e. The van der Waals surface area contributed by atoms with E-state index in [2.05, 4.69) is 0 Å². The highest BCUT2D eigenvalue weighted by atomic mass is 16.5. The summed E-state index contributed by atoms with van der Waals surface area (Å²) < 4.78 is 5.90. The third-order valence-corrected chi connectivity index (χ3v) is 3.70. The van der Waals surface area contributed by atoms with Crippen LogP contribution < -0.4 is 4.74 Å². The van der Waals surface area contributed by atoms with Crippen LogP contribution in [0.1, 0.15) is 36.5 Å². The van der Waals surface area contributed by atoms with Crippen LogP contribution in [0.15, 0.2) is 12.1 Å². The Labute approximate surface area is 108 Å². The van der Waals surface area contributed by atoms with Gasteiger partial charge in [-0.2, -0.15) is 0 Å². The minimum absolute atomic E-state index is 0.134. The molecule has 1 unspecified atom stereocenters. The van der Waals surface area contributed by atoms with Crippen LogP contribution in [-0.2, 0) is 4.79 Å². The molecule has 3 heteroatoms. The van der Waals surface area contributed by atoms with E-state index in [1.165, 1.54) is 5.56 Å². The minimum atomic E-state index is -1.09. The fourth-order valence-electron chi connectivity index (χ4n) is 2.48. The van der Waals surface area contributed by atoms with Crippen molar-refractivity contribution in [3.05, 3.63) is 28.8 Å². The van der Waals surface area contributed by atoms with Crippen LogP contribution in [0.4, 0.5) is 0 Å². The molecular weight excluding hydrogens is 228 g/mol. The third kappa shape index (κ3) is 2.22. The van der Waals surface area contributed by atoms with Crippen molar-refractivity contribution in [1.29, 1.82) is 0 Å². The lowest BCUT2D eigenvalue weighted by Crippen LogP contribution is -2.44. The lowest BCUT2D eigenvalue weighted by Gasteiger charge is -2.28. The lowest BCUT2D eigenvalue weighted by molar-refractivity contribution is -0.155. The number of aryl methyl sites for hydroxylation is 3. The van der Waals surface area contributed by atoms with Crippen LogP contribution in [-0.4, -0.2) is 16.7 Å². The van der Waals surface area contributed by atoms with Crippen LogP contribution in [0.2, 0.25) is 0 Å². The molecule has 0 heterocycles. The Kier molecular flexibility index (Phi) is 3.09. The fraction of sp³-hybridized carbons (Fsp3) is 0.533. The number of carboxylic acids is 1. The molecule has 0 aliphatic heterocycles. The van der Waals surface area contributed by atoms with Gasteiger partial charge in [-0.05, 0) is 51.7 Å². The van der Waals surface area contributed by atoms with Gasteiger partial charge in [0.1, 0.15) is 5.75 Å². The van der Waals surface area contributed by atoms with Gasteiger partial charge in [-0.3, -0.25) is 0 Å². The van der Waals surface area contributed by atoms with Crippen LogP contribution in [0, 0.1) is 26.7 Å². The van der Waals surface area contributed by atoms with Crippen molar-refractivity contribution in [1.82, 2.24) is 0 Å². The molecule has 18 heavy (non-hydrogen) atoms. The molecule has 1 aliphatic rings. The van der Waals surface area contributed by atoms with Crippen molar-refractivity contribution in [3.8, 4) is 5.75 Å². The first-order valence-corrected chi connectivity index (χ1v) is 6.35. The second-order valence-corrected chi connectivity index (χ2v) is 5.52. The molecular formula is C15H20O3. The molecule has 0 spiro atoms. The average Bonchev–Trinajstić information content (AvgIpc) is 3.06. The first kappa shape index (κ1) is 12.9. The summed E-state index contributed by atoms with van der Waals surface area (Å²) >= 11 is 0. The van der Waals surface area contributed by atoms with Gasteiger partial charge in [0.15, 0.2) is 0 Å². The zero-order valence-electron chi connectivity index (χ0n) is 11.4. The summed E-state index contributed by atoms with van der Waals surface area (Å²) in [5, 5.41) is 9.42. The molecule has 3 nitrogen and oxygen atoms in total. The van der Waals surface area contributed by atoms with Crippen LogP contribution in [0.3, 0.4) is 0 Å². The molecule has 1 aromatic carbocycles. The van der Waals surface area contributed by atoms with E-state index in [1.54, 1.807) is 6.92 Å². The Balaban J connectivity index is 2.36. The van der Waals surface area contributed by atoms with E-state index in [1.807, 2.05) is 32.9 Å². The summed E-state index contributed by atoms with van der Waals surface area (Å²) in [7, 11) is 0. The average molecular weight is 248 g/mol. The molecule has 1 atom stereocenters. The van der Waals surface area contributed by atoms with Gasteiger partial charge >= 0.3 is 5.97 Å². The van der Waals surface area contributed by atoms with Gasteiger partial charge in [0.05, 0.1) is 0 Å². The first-order chi connectivity index (χ1) is 8.34. The third-order valence-electron chi connectivity index (χ3n) is 3.70. The normalized spacial score (nSPS) is 18.2. The summed E-state index contributed by atoms with van der Waals surface area (Å²) in [6.07, 6.45) is 1.87. The molecule has 0 radical (unpaired) electrons. The molecule has 1 aromatic rings. The van der Waals surface area contributed by atoms with Crippen LogP contribution in [0.5, 0.6) is 5.75 Å². The maximum atomic E-state index is 11.5. The Morgan fingerprint density at radius 1 is 1.28 bits per heavy atom. The largest absolute Gasteiger partial charge is 0.478 e. The maximum absolute atomic E-state index is 11.5. The zero-order valence-corrected chi connectivity index (χ0v) is 11.4. The summed E-state index contributed by atoms with van der Waals surface area (Å²) in [6, 6.07) is 4.05. The molecule has 0 saturated heterocycles. The van der Waals surface area contributed by atoms with Gasteiger partial charge in [-0.25, -0.2) is 4.79 Å². The number of ether oxygens (including phenoxy) is 1. The summed E-state index contributed by atoms with van der Waals surface area (Å²) in [4.78, 5) is 11.5. The molecule has 0 aromatic heterocycles. The van der Waals surface area contributed by atoms with Crippen molar-refractivity contribution in [3.63, 3.8) is 0 Å². The summed E-state index contributed by atoms with van der Waals surface area (Å²) in [5.74, 6) is -0.0168. The molecule has 1 N–H and O–H groups in total. The van der Waals surface area contributed by atoms with Gasteiger partial charge < -0.3 is 9.84 Å². The first-order valence-electron chi connectivity index (χ1n) is 6.35. The van der Waals surface area contributed by atoms with Crippen LogP contribution in [0.25, 0.3) is 0 Å². The topological polar surface area (TPSA) is 46.5 Å². The van der Waals surface area contributed by atoms with Crippen molar-refractivity contribution in [2.45, 2.75) is 46.1 Å². The molecule has 0 amide bonds. The smallest absolute Gasteiger partial charge is 0.348 e. The van der Waals surface area contributed by atoms with Gasteiger partial charge in [-0.15, -0.1) is 0 Å². The highest BCUT2D eigenvalue weighted by Crippen LogP contribution is 2.43. The Morgan fingerprint density at radius 3 is 2.17 bits per heavy atom. The zero-order chi connectivity index (χ0) is 13.5. The molecule has 0 bridgehead atoms. The minimum Gasteiger partial charge on any atom is -0.478 e. The van der Waals surface area contributed by atoms with E-state index < -0.39 is 11.6 Å². The van der Waals surface area contributed by atoms with Crippen molar-refractivity contribution >= 4 is 5.97 Å². The van der Waals surface area contributed by atoms with Crippen molar-refractivity contribution in [2.24, 2.45) is 5.92 Å². The fourth-order valence-corrected chi connectivity index (χ4v) is 2.48. The molecule has 98 valence electrons. The number of carbonyl (C=O) groups is 1.